The third-order valence-electron chi connectivity index (χ3n) is 2.51. The number of ether oxygens (including phenoxy) is 1. The van der Waals surface area contributed by atoms with Gasteiger partial charge in [0.25, 0.3) is 0 Å². The van der Waals surface area contributed by atoms with Crippen LogP contribution in [-0.2, 0) is 9.53 Å². The molecule has 0 aromatic rings. The van der Waals surface area contributed by atoms with Crippen molar-refractivity contribution >= 4 is 29.3 Å². The van der Waals surface area contributed by atoms with Gasteiger partial charge in [-0.2, -0.15) is 4.42 Å². The summed E-state index contributed by atoms with van der Waals surface area (Å²) in [6, 6.07) is -0.405. The molecular formula is C9H16Cl2N2O2. The molecule has 1 fully saturated rings. The number of hydrogen-bond donors (Lipinski definition) is 0. The largest absolute Gasteiger partial charge is 0.460 e. The lowest BCUT2D eigenvalue weighted by Crippen LogP contribution is -2.36. The summed E-state index contributed by atoms with van der Waals surface area (Å²) in [6.07, 6.45) is 0.878. The Bertz CT molecular complexity index is 228. The molecule has 0 radical (unpaired) electrons. The van der Waals surface area contributed by atoms with Crippen LogP contribution in [-0.4, -0.2) is 53.6 Å². The number of halogens is 2. The topological polar surface area (TPSA) is 32.8 Å². The van der Waals surface area contributed by atoms with Crippen LogP contribution < -0.4 is 0 Å². The summed E-state index contributed by atoms with van der Waals surface area (Å²) in [5.41, 5.74) is 0. The minimum absolute atomic E-state index is 0.00894. The molecular weight excluding hydrogens is 239 g/mol. The van der Waals surface area contributed by atoms with E-state index in [-0.39, 0.29) is 18.1 Å². The minimum atomic E-state index is -0.505. The summed E-state index contributed by atoms with van der Waals surface area (Å²) < 4.78 is 6.53. The molecule has 0 spiro atoms. The Hall–Kier alpha value is -0.0300. The highest BCUT2D eigenvalue weighted by Gasteiger charge is 2.27. The predicted molar refractivity (Wildman–Crippen MR) is 59.9 cm³/mol. The van der Waals surface area contributed by atoms with Gasteiger partial charge in [0.1, 0.15) is 12.1 Å². The predicted octanol–water partition coefficient (Wildman–Crippen LogP) is 1.27. The van der Waals surface area contributed by atoms with Gasteiger partial charge in [0, 0.05) is 13.1 Å². The third kappa shape index (κ3) is 3.79. The maximum atomic E-state index is 11.6. The lowest BCUT2D eigenvalue weighted by molar-refractivity contribution is -0.152. The van der Waals surface area contributed by atoms with Gasteiger partial charge < -0.3 is 9.64 Å². The molecule has 88 valence electrons. The van der Waals surface area contributed by atoms with Crippen LogP contribution in [0.3, 0.4) is 0 Å². The van der Waals surface area contributed by atoms with Gasteiger partial charge in [-0.3, -0.25) is 4.79 Å². The van der Waals surface area contributed by atoms with E-state index in [0.717, 1.165) is 19.5 Å². The fourth-order valence-corrected chi connectivity index (χ4v) is 1.76. The lowest BCUT2D eigenvalue weighted by atomic mass is 10.3. The monoisotopic (exact) mass is 254 g/mol. The molecule has 0 aliphatic carbocycles. The zero-order chi connectivity index (χ0) is 11.4. The Morgan fingerprint density at radius 3 is 2.87 bits per heavy atom. The molecule has 15 heavy (non-hydrogen) atoms. The number of likely N-dealkylation sites (tertiary alicyclic amines) is 1. The summed E-state index contributed by atoms with van der Waals surface area (Å²) in [5.74, 6) is -0.314. The SMILES string of the molecule is C[C@@H](C(=O)O[C@H]1CCN(C)C1)N(Cl)CCl. The van der Waals surface area contributed by atoms with Crippen molar-refractivity contribution in [2.75, 3.05) is 26.1 Å². The van der Waals surface area contributed by atoms with Crippen molar-refractivity contribution in [1.82, 2.24) is 9.32 Å². The molecule has 0 N–H and O–H groups in total. The number of likely N-dealkylation sites (N-methyl/N-ethyl adjacent to an activating group) is 1. The molecule has 1 saturated heterocycles. The minimum Gasteiger partial charge on any atom is -0.460 e. The molecule has 0 aromatic heterocycles. The van der Waals surface area contributed by atoms with E-state index in [1.807, 2.05) is 7.05 Å². The smallest absolute Gasteiger partial charge is 0.324 e. The molecule has 2 atom stereocenters. The summed E-state index contributed by atoms with van der Waals surface area (Å²) >= 11 is 11.2. The molecule has 0 saturated carbocycles. The standard InChI is InChI=1S/C9H16Cl2N2O2/c1-7(13(11)6-10)9(14)15-8-3-4-12(2)5-8/h7-8H,3-6H2,1-2H3/t7-,8-/m0/s1. The maximum Gasteiger partial charge on any atom is 0.324 e. The second kappa shape index (κ2) is 5.89. The fraction of sp³-hybridized carbons (Fsp3) is 0.889. The molecule has 0 amide bonds. The van der Waals surface area contributed by atoms with Gasteiger partial charge in [-0.05, 0) is 32.2 Å². The van der Waals surface area contributed by atoms with E-state index >= 15 is 0 Å². The van der Waals surface area contributed by atoms with E-state index in [2.05, 4.69) is 4.90 Å². The molecule has 0 unspecified atom stereocenters. The van der Waals surface area contributed by atoms with Gasteiger partial charge in [-0.1, -0.05) is 0 Å². The lowest BCUT2D eigenvalue weighted by Gasteiger charge is -2.20. The number of carbonyl (C=O) groups excluding carboxylic acids is 1. The highest BCUT2D eigenvalue weighted by molar-refractivity contribution is 6.23. The maximum absolute atomic E-state index is 11.6. The van der Waals surface area contributed by atoms with Crippen LogP contribution in [0.15, 0.2) is 0 Å². The van der Waals surface area contributed by atoms with E-state index in [4.69, 9.17) is 28.1 Å². The van der Waals surface area contributed by atoms with Gasteiger partial charge >= 0.3 is 5.97 Å². The van der Waals surface area contributed by atoms with E-state index in [9.17, 15) is 4.79 Å². The van der Waals surface area contributed by atoms with Crippen molar-refractivity contribution in [3.05, 3.63) is 0 Å². The Morgan fingerprint density at radius 1 is 1.73 bits per heavy atom. The van der Waals surface area contributed by atoms with Crippen molar-refractivity contribution in [3.63, 3.8) is 0 Å². The van der Waals surface area contributed by atoms with E-state index in [1.165, 1.54) is 4.42 Å². The van der Waals surface area contributed by atoms with E-state index in [1.54, 1.807) is 6.92 Å². The number of rotatable bonds is 4. The number of carbonyl (C=O) groups is 1. The molecule has 0 bridgehead atoms. The zero-order valence-electron chi connectivity index (χ0n) is 8.95. The van der Waals surface area contributed by atoms with Crippen LogP contribution in [0.5, 0.6) is 0 Å². The Balaban J connectivity index is 2.35. The van der Waals surface area contributed by atoms with E-state index in [0.29, 0.717) is 0 Å². The molecule has 1 aliphatic heterocycles. The molecule has 1 heterocycles. The zero-order valence-corrected chi connectivity index (χ0v) is 10.5. The highest BCUT2D eigenvalue weighted by atomic mass is 35.5. The fourth-order valence-electron chi connectivity index (χ4n) is 1.47. The van der Waals surface area contributed by atoms with Gasteiger partial charge in [0.05, 0.1) is 6.00 Å². The summed E-state index contributed by atoms with van der Waals surface area (Å²) in [5, 5.41) is 0. The third-order valence-corrected chi connectivity index (χ3v) is 3.30. The Kier molecular flexibility index (Phi) is 5.12. The first-order valence-corrected chi connectivity index (χ1v) is 5.79. The van der Waals surface area contributed by atoms with Crippen LogP contribution >= 0.6 is 23.4 Å². The molecule has 1 aliphatic rings. The van der Waals surface area contributed by atoms with Crippen molar-refractivity contribution in [1.29, 1.82) is 0 Å². The first-order valence-electron chi connectivity index (χ1n) is 4.92. The van der Waals surface area contributed by atoms with Crippen LogP contribution in [0.4, 0.5) is 0 Å². The van der Waals surface area contributed by atoms with Gasteiger partial charge in [0.2, 0.25) is 0 Å². The Morgan fingerprint density at radius 2 is 2.40 bits per heavy atom. The van der Waals surface area contributed by atoms with Gasteiger partial charge in [-0.25, -0.2) is 0 Å². The number of hydrogen-bond acceptors (Lipinski definition) is 4. The van der Waals surface area contributed by atoms with E-state index < -0.39 is 6.04 Å². The molecule has 0 aromatic carbocycles. The Labute approximate surface area is 100 Å². The molecule has 4 nitrogen and oxygen atoms in total. The number of alkyl halides is 1. The number of esters is 1. The molecule has 1 rings (SSSR count). The second-order valence-corrected chi connectivity index (χ2v) is 4.48. The van der Waals surface area contributed by atoms with Crippen LogP contribution in [0.2, 0.25) is 0 Å². The summed E-state index contributed by atoms with van der Waals surface area (Å²) in [4.78, 5) is 13.7. The average molecular weight is 255 g/mol. The first-order chi connectivity index (χ1) is 7.04. The van der Waals surface area contributed by atoms with Crippen LogP contribution in [0.1, 0.15) is 13.3 Å². The quantitative estimate of drug-likeness (QED) is 0.328. The molecule has 6 heteroatoms. The van der Waals surface area contributed by atoms with Crippen molar-refractivity contribution < 1.29 is 9.53 Å². The van der Waals surface area contributed by atoms with Crippen molar-refractivity contribution in [2.45, 2.75) is 25.5 Å². The highest BCUT2D eigenvalue weighted by Crippen LogP contribution is 2.13. The van der Waals surface area contributed by atoms with Crippen LogP contribution in [0, 0.1) is 0 Å². The van der Waals surface area contributed by atoms with Gasteiger partial charge in [-0.15, -0.1) is 11.6 Å². The normalized spacial score (nSPS) is 24.5. The number of nitrogens with zero attached hydrogens (tertiary/aromatic N) is 2. The summed E-state index contributed by atoms with van der Waals surface area (Å²) in [7, 11) is 2.00. The van der Waals surface area contributed by atoms with Crippen LogP contribution in [0.25, 0.3) is 0 Å². The van der Waals surface area contributed by atoms with Crippen molar-refractivity contribution in [2.24, 2.45) is 0 Å². The average Bonchev–Trinajstić information content (AvgIpc) is 2.61. The first kappa shape index (κ1) is 13.0. The summed E-state index contributed by atoms with van der Waals surface area (Å²) in [6.45, 7) is 3.43. The second-order valence-electron chi connectivity index (χ2n) is 3.80. The van der Waals surface area contributed by atoms with Gasteiger partial charge in [0.15, 0.2) is 0 Å². The van der Waals surface area contributed by atoms with Crippen molar-refractivity contribution in [3.8, 4) is 0 Å².